The highest BCUT2D eigenvalue weighted by atomic mass is 16.5. The number of anilines is 4. The Kier molecular flexibility index (Phi) is 6.84. The van der Waals surface area contributed by atoms with Gasteiger partial charge in [-0.2, -0.15) is 4.98 Å². The molecule has 33 heavy (non-hydrogen) atoms. The number of amides is 2. The average molecular weight is 450 g/mol. The van der Waals surface area contributed by atoms with Crippen molar-refractivity contribution in [3.05, 3.63) is 48.9 Å². The van der Waals surface area contributed by atoms with Crippen LogP contribution in [0.4, 0.5) is 27.9 Å². The Balaban J connectivity index is 1.53. The molecule has 3 heterocycles. The number of ether oxygens (including phenoxy) is 2. The Bertz CT molecular complexity index is 1100. The van der Waals surface area contributed by atoms with Crippen molar-refractivity contribution in [3.63, 3.8) is 0 Å². The van der Waals surface area contributed by atoms with Gasteiger partial charge in [-0.05, 0) is 35.4 Å². The van der Waals surface area contributed by atoms with E-state index in [9.17, 15) is 4.79 Å². The first-order chi connectivity index (χ1) is 16.0. The average Bonchev–Trinajstić information content (AvgIpc) is 2.85. The number of carbonyl (C=O) groups is 1. The molecule has 2 aromatic heterocycles. The summed E-state index contributed by atoms with van der Waals surface area (Å²) in [6, 6.07) is 8.99. The monoisotopic (exact) mass is 449 g/mol. The molecule has 3 aromatic rings. The van der Waals surface area contributed by atoms with Crippen molar-refractivity contribution in [2.45, 2.75) is 0 Å². The molecule has 0 radical (unpaired) electrons. The van der Waals surface area contributed by atoms with E-state index in [0.717, 1.165) is 24.2 Å². The summed E-state index contributed by atoms with van der Waals surface area (Å²) in [5, 5.41) is 5.73. The lowest BCUT2D eigenvalue weighted by Gasteiger charge is -2.28. The summed E-state index contributed by atoms with van der Waals surface area (Å²) >= 11 is 0. The maximum absolute atomic E-state index is 12.9. The Hall–Kier alpha value is -3.92. The van der Waals surface area contributed by atoms with Crippen LogP contribution >= 0.6 is 0 Å². The summed E-state index contributed by atoms with van der Waals surface area (Å²) in [5.41, 5.74) is 2.96. The van der Waals surface area contributed by atoms with E-state index in [-0.39, 0.29) is 0 Å². The minimum Gasteiger partial charge on any atom is -0.495 e. The number of urea groups is 1. The van der Waals surface area contributed by atoms with Gasteiger partial charge in [-0.25, -0.2) is 9.78 Å². The lowest BCUT2D eigenvalue weighted by Crippen LogP contribution is -2.37. The van der Waals surface area contributed by atoms with Gasteiger partial charge in [0.2, 0.25) is 5.95 Å². The lowest BCUT2D eigenvalue weighted by atomic mass is 10.1. The lowest BCUT2D eigenvalue weighted by molar-refractivity contribution is 0.122. The number of rotatable bonds is 6. The van der Waals surface area contributed by atoms with Crippen LogP contribution in [-0.4, -0.2) is 68.5 Å². The number of hydrogen-bond acceptors (Lipinski definition) is 8. The van der Waals surface area contributed by atoms with Crippen LogP contribution in [0, 0.1) is 0 Å². The molecule has 10 nitrogen and oxygen atoms in total. The molecule has 1 fully saturated rings. The molecule has 0 aliphatic carbocycles. The molecule has 4 rings (SSSR count). The van der Waals surface area contributed by atoms with E-state index in [1.165, 1.54) is 0 Å². The molecular formula is C23H27N7O3. The summed E-state index contributed by atoms with van der Waals surface area (Å²) in [6.45, 7) is 2.74. The molecule has 2 N–H and O–H groups in total. The highest BCUT2D eigenvalue weighted by Crippen LogP contribution is 2.31. The first kappa shape index (κ1) is 22.3. The molecule has 1 aromatic carbocycles. The molecule has 0 spiro atoms. The van der Waals surface area contributed by atoms with Crippen molar-refractivity contribution in [1.82, 2.24) is 15.0 Å². The third-order valence-electron chi connectivity index (χ3n) is 5.18. The maximum Gasteiger partial charge on any atom is 0.323 e. The smallest absolute Gasteiger partial charge is 0.323 e. The van der Waals surface area contributed by atoms with Crippen LogP contribution in [-0.2, 0) is 4.74 Å². The van der Waals surface area contributed by atoms with Crippen molar-refractivity contribution in [3.8, 4) is 16.9 Å². The number of methoxy groups -OCH3 is 1. The Morgan fingerprint density at radius 3 is 2.48 bits per heavy atom. The predicted octanol–water partition coefficient (Wildman–Crippen LogP) is 3.09. The molecule has 0 unspecified atom stereocenters. The normalized spacial score (nSPS) is 13.4. The van der Waals surface area contributed by atoms with E-state index >= 15 is 0 Å². The van der Waals surface area contributed by atoms with E-state index in [2.05, 4.69) is 30.5 Å². The molecule has 1 aliphatic rings. The summed E-state index contributed by atoms with van der Waals surface area (Å²) in [5.74, 6) is 1.77. The van der Waals surface area contributed by atoms with E-state index in [4.69, 9.17) is 9.47 Å². The summed E-state index contributed by atoms with van der Waals surface area (Å²) in [7, 11) is 5.30. The van der Waals surface area contributed by atoms with Crippen LogP contribution in [0.2, 0.25) is 0 Å². The minimum atomic E-state index is -0.425. The van der Waals surface area contributed by atoms with Crippen LogP contribution in [0.15, 0.2) is 48.9 Å². The van der Waals surface area contributed by atoms with Gasteiger partial charge in [0.1, 0.15) is 11.4 Å². The molecule has 0 bridgehead atoms. The first-order valence-electron chi connectivity index (χ1n) is 10.6. The molecule has 1 saturated heterocycles. The molecule has 2 amide bonds. The highest BCUT2D eigenvalue weighted by Gasteiger charge is 2.18. The van der Waals surface area contributed by atoms with Crippen LogP contribution < -0.4 is 25.2 Å². The van der Waals surface area contributed by atoms with Gasteiger partial charge < -0.3 is 29.9 Å². The summed E-state index contributed by atoms with van der Waals surface area (Å²) < 4.78 is 10.8. The number of nitrogens with one attached hydrogen (secondary N) is 2. The van der Waals surface area contributed by atoms with Gasteiger partial charge in [0.05, 0.1) is 32.2 Å². The zero-order valence-electron chi connectivity index (χ0n) is 18.9. The molecule has 10 heteroatoms. The SMILES string of the molecule is COc1ccc(-c2ccncc2)cc1NC(=O)Nc1cnc(N2CCOCC2)nc1N(C)C. The number of morpholine rings is 1. The van der Waals surface area contributed by atoms with E-state index < -0.39 is 6.03 Å². The van der Waals surface area contributed by atoms with Gasteiger partial charge in [0, 0.05) is 39.6 Å². The molecule has 0 atom stereocenters. The van der Waals surface area contributed by atoms with Crippen molar-refractivity contribution < 1.29 is 14.3 Å². The van der Waals surface area contributed by atoms with Crippen molar-refractivity contribution in [2.24, 2.45) is 0 Å². The van der Waals surface area contributed by atoms with Crippen LogP contribution in [0.5, 0.6) is 5.75 Å². The predicted molar refractivity (Wildman–Crippen MR) is 128 cm³/mol. The quantitative estimate of drug-likeness (QED) is 0.592. The third kappa shape index (κ3) is 5.29. The Morgan fingerprint density at radius 1 is 1.06 bits per heavy atom. The number of nitrogens with zero attached hydrogens (tertiary/aromatic N) is 5. The summed E-state index contributed by atoms with van der Waals surface area (Å²) in [6.07, 6.45) is 5.07. The fourth-order valence-corrected chi connectivity index (χ4v) is 3.51. The number of hydrogen-bond donors (Lipinski definition) is 2. The van der Waals surface area contributed by atoms with E-state index in [1.54, 1.807) is 25.7 Å². The number of pyridine rings is 1. The molecule has 1 aliphatic heterocycles. The second kappa shape index (κ2) is 10.1. The summed E-state index contributed by atoms with van der Waals surface area (Å²) in [4.78, 5) is 29.9. The van der Waals surface area contributed by atoms with Crippen molar-refractivity contribution >= 4 is 29.2 Å². The van der Waals surface area contributed by atoms with Gasteiger partial charge in [0.15, 0.2) is 5.82 Å². The zero-order valence-corrected chi connectivity index (χ0v) is 18.9. The van der Waals surface area contributed by atoms with Crippen LogP contribution in [0.1, 0.15) is 0 Å². The number of benzene rings is 1. The fourth-order valence-electron chi connectivity index (χ4n) is 3.51. The molecule has 172 valence electrons. The van der Waals surface area contributed by atoms with Gasteiger partial charge in [-0.1, -0.05) is 6.07 Å². The number of aromatic nitrogens is 3. The van der Waals surface area contributed by atoms with Crippen molar-refractivity contribution in [1.29, 1.82) is 0 Å². The zero-order chi connectivity index (χ0) is 23.2. The maximum atomic E-state index is 12.9. The largest absolute Gasteiger partial charge is 0.495 e. The first-order valence-corrected chi connectivity index (χ1v) is 10.6. The fraction of sp³-hybridized carbons (Fsp3) is 0.304. The molecule has 0 saturated carbocycles. The Morgan fingerprint density at radius 2 is 1.79 bits per heavy atom. The minimum absolute atomic E-state index is 0.425. The van der Waals surface area contributed by atoms with Gasteiger partial charge in [-0.15, -0.1) is 0 Å². The van der Waals surface area contributed by atoms with Gasteiger partial charge >= 0.3 is 6.03 Å². The second-order valence-corrected chi connectivity index (χ2v) is 7.63. The van der Waals surface area contributed by atoms with Crippen LogP contribution in [0.25, 0.3) is 11.1 Å². The van der Waals surface area contributed by atoms with Gasteiger partial charge in [-0.3, -0.25) is 4.98 Å². The standard InChI is InChI=1S/C23H27N7O3/c1-29(2)21-19(15-25-22(28-21)30-10-12-33-13-11-30)27-23(31)26-18-14-17(4-5-20(18)32-3)16-6-8-24-9-7-16/h4-9,14-15H,10-13H2,1-3H3,(H2,26,27,31). The number of carbonyl (C=O) groups excluding carboxylic acids is 1. The van der Waals surface area contributed by atoms with E-state index in [0.29, 0.717) is 42.1 Å². The topological polar surface area (TPSA) is 105 Å². The van der Waals surface area contributed by atoms with Gasteiger partial charge in [0.25, 0.3) is 0 Å². The third-order valence-corrected chi connectivity index (χ3v) is 5.18. The second-order valence-electron chi connectivity index (χ2n) is 7.63. The highest BCUT2D eigenvalue weighted by molar-refractivity contribution is 6.02. The van der Waals surface area contributed by atoms with Crippen LogP contribution in [0.3, 0.4) is 0 Å². The van der Waals surface area contributed by atoms with Crippen molar-refractivity contribution in [2.75, 3.05) is 67.9 Å². The van der Waals surface area contributed by atoms with E-state index in [1.807, 2.05) is 49.3 Å². The molecular weight excluding hydrogens is 422 g/mol. The Labute approximate surface area is 192 Å².